The Morgan fingerprint density at radius 3 is 2.65 bits per heavy atom. The van der Waals surface area contributed by atoms with Crippen molar-refractivity contribution < 1.29 is 4.39 Å². The van der Waals surface area contributed by atoms with Gasteiger partial charge in [-0.2, -0.15) is 0 Å². The second-order valence-corrected chi connectivity index (χ2v) is 5.44. The van der Waals surface area contributed by atoms with E-state index in [-0.39, 0.29) is 5.82 Å². The molecule has 0 radical (unpaired) electrons. The molecule has 0 amide bonds. The molecule has 2 aliphatic rings. The molecule has 1 N–H and O–H groups in total. The molecule has 0 aromatic heterocycles. The molecule has 17 heavy (non-hydrogen) atoms. The van der Waals surface area contributed by atoms with Crippen LogP contribution in [-0.2, 0) is 6.54 Å². The van der Waals surface area contributed by atoms with E-state index in [1.54, 1.807) is 0 Å². The minimum atomic E-state index is -0.157. The molecule has 1 aromatic carbocycles. The lowest BCUT2D eigenvalue weighted by Crippen LogP contribution is -2.41. The number of piperidine rings is 1. The second kappa shape index (κ2) is 4.39. The van der Waals surface area contributed by atoms with Crippen LogP contribution < -0.4 is 5.32 Å². The van der Waals surface area contributed by atoms with Crippen LogP contribution in [0.15, 0.2) is 24.3 Å². The van der Waals surface area contributed by atoms with Crippen molar-refractivity contribution in [2.75, 3.05) is 13.6 Å². The van der Waals surface area contributed by atoms with Crippen molar-refractivity contribution in [2.45, 2.75) is 31.5 Å². The first-order valence-electron chi connectivity index (χ1n) is 6.40. The third-order valence-corrected chi connectivity index (χ3v) is 4.30. The molecule has 2 bridgehead atoms. The Kier molecular flexibility index (Phi) is 2.89. The number of benzene rings is 1. The number of nitrogens with zero attached hydrogens (tertiary/aromatic N) is 1. The van der Waals surface area contributed by atoms with Gasteiger partial charge in [-0.15, -0.1) is 0 Å². The number of halogens is 1. The SMILES string of the molecule is CN1C[C@@H]2CC1C[C@@H]2NCc1ccc(F)cc1. The highest BCUT2D eigenvalue weighted by Crippen LogP contribution is 2.36. The summed E-state index contributed by atoms with van der Waals surface area (Å²) in [5.74, 6) is 0.653. The zero-order valence-electron chi connectivity index (χ0n) is 10.2. The van der Waals surface area contributed by atoms with Gasteiger partial charge in [-0.25, -0.2) is 4.39 Å². The van der Waals surface area contributed by atoms with Gasteiger partial charge in [0.2, 0.25) is 0 Å². The number of rotatable bonds is 3. The predicted octanol–water partition coefficient (Wildman–Crippen LogP) is 2.01. The Balaban J connectivity index is 1.54. The third kappa shape index (κ3) is 2.22. The summed E-state index contributed by atoms with van der Waals surface area (Å²) in [5, 5.41) is 3.62. The summed E-state index contributed by atoms with van der Waals surface area (Å²) in [5.41, 5.74) is 1.17. The number of nitrogens with one attached hydrogen (secondary N) is 1. The summed E-state index contributed by atoms with van der Waals surface area (Å²) in [6.07, 6.45) is 2.61. The van der Waals surface area contributed by atoms with E-state index < -0.39 is 0 Å². The Morgan fingerprint density at radius 1 is 1.29 bits per heavy atom. The summed E-state index contributed by atoms with van der Waals surface area (Å²) >= 11 is 0. The second-order valence-electron chi connectivity index (χ2n) is 5.44. The number of hydrogen-bond acceptors (Lipinski definition) is 2. The van der Waals surface area contributed by atoms with E-state index in [1.165, 1.54) is 37.1 Å². The molecular weight excluding hydrogens is 215 g/mol. The van der Waals surface area contributed by atoms with Crippen molar-refractivity contribution in [3.05, 3.63) is 35.6 Å². The molecule has 1 heterocycles. The highest BCUT2D eigenvalue weighted by atomic mass is 19.1. The minimum Gasteiger partial charge on any atom is -0.310 e. The van der Waals surface area contributed by atoms with E-state index in [0.717, 1.165) is 18.5 Å². The van der Waals surface area contributed by atoms with Gasteiger partial charge in [-0.1, -0.05) is 12.1 Å². The summed E-state index contributed by atoms with van der Waals surface area (Å²) in [6, 6.07) is 8.23. The van der Waals surface area contributed by atoms with Crippen molar-refractivity contribution in [3.63, 3.8) is 0 Å². The lowest BCUT2D eigenvalue weighted by Gasteiger charge is -2.29. The summed E-state index contributed by atoms with van der Waals surface area (Å²) in [4.78, 5) is 2.47. The van der Waals surface area contributed by atoms with Crippen LogP contribution in [0.1, 0.15) is 18.4 Å². The Bertz CT molecular complexity index is 388. The maximum Gasteiger partial charge on any atom is 0.123 e. The van der Waals surface area contributed by atoms with Gasteiger partial charge in [0.1, 0.15) is 5.82 Å². The zero-order valence-corrected chi connectivity index (χ0v) is 10.2. The summed E-state index contributed by atoms with van der Waals surface area (Å²) in [6.45, 7) is 2.09. The fourth-order valence-electron chi connectivity index (χ4n) is 3.28. The van der Waals surface area contributed by atoms with Crippen molar-refractivity contribution in [3.8, 4) is 0 Å². The van der Waals surface area contributed by atoms with Gasteiger partial charge < -0.3 is 10.2 Å². The van der Waals surface area contributed by atoms with E-state index in [9.17, 15) is 4.39 Å². The molecule has 92 valence electrons. The first-order valence-corrected chi connectivity index (χ1v) is 6.40. The molecule has 1 aliphatic heterocycles. The predicted molar refractivity (Wildman–Crippen MR) is 66.2 cm³/mol. The van der Waals surface area contributed by atoms with Crippen molar-refractivity contribution in [1.82, 2.24) is 10.2 Å². The molecule has 0 spiro atoms. The summed E-state index contributed by atoms with van der Waals surface area (Å²) < 4.78 is 12.8. The van der Waals surface area contributed by atoms with Crippen LogP contribution in [-0.4, -0.2) is 30.6 Å². The number of likely N-dealkylation sites (tertiary alicyclic amines) is 1. The Labute approximate surface area is 102 Å². The topological polar surface area (TPSA) is 15.3 Å². The lowest BCUT2D eigenvalue weighted by molar-refractivity contribution is 0.223. The Morgan fingerprint density at radius 2 is 2.06 bits per heavy atom. The summed E-state index contributed by atoms with van der Waals surface area (Å²) in [7, 11) is 2.22. The molecule has 1 unspecified atom stereocenters. The van der Waals surface area contributed by atoms with Gasteiger partial charge in [-0.05, 0) is 43.5 Å². The highest BCUT2D eigenvalue weighted by Gasteiger charge is 2.42. The van der Waals surface area contributed by atoms with Crippen LogP contribution in [0.25, 0.3) is 0 Å². The third-order valence-electron chi connectivity index (χ3n) is 4.30. The van der Waals surface area contributed by atoms with Crippen LogP contribution >= 0.6 is 0 Å². The number of fused-ring (bicyclic) bond motifs is 2. The minimum absolute atomic E-state index is 0.157. The van der Waals surface area contributed by atoms with Gasteiger partial charge in [0.15, 0.2) is 0 Å². The maximum absolute atomic E-state index is 12.8. The van der Waals surface area contributed by atoms with Crippen LogP contribution in [0.2, 0.25) is 0 Å². The van der Waals surface area contributed by atoms with E-state index in [1.807, 2.05) is 12.1 Å². The van der Waals surface area contributed by atoms with Gasteiger partial charge in [0, 0.05) is 25.2 Å². The molecule has 1 aliphatic carbocycles. The molecule has 1 saturated carbocycles. The molecule has 1 saturated heterocycles. The molecule has 3 atom stereocenters. The van der Waals surface area contributed by atoms with E-state index in [0.29, 0.717) is 6.04 Å². The van der Waals surface area contributed by atoms with E-state index >= 15 is 0 Å². The molecule has 2 nitrogen and oxygen atoms in total. The van der Waals surface area contributed by atoms with E-state index in [4.69, 9.17) is 0 Å². The van der Waals surface area contributed by atoms with Gasteiger partial charge in [-0.3, -0.25) is 0 Å². The van der Waals surface area contributed by atoms with E-state index in [2.05, 4.69) is 17.3 Å². The monoisotopic (exact) mass is 234 g/mol. The molecule has 3 rings (SSSR count). The molecule has 2 fully saturated rings. The molecule has 1 aromatic rings. The lowest BCUT2D eigenvalue weighted by atomic mass is 10.0. The average Bonchev–Trinajstić information content (AvgIpc) is 2.87. The first-order chi connectivity index (χ1) is 8.22. The Hall–Kier alpha value is -0.930. The van der Waals surface area contributed by atoms with Crippen molar-refractivity contribution in [2.24, 2.45) is 5.92 Å². The van der Waals surface area contributed by atoms with Gasteiger partial charge in [0.25, 0.3) is 0 Å². The smallest absolute Gasteiger partial charge is 0.123 e. The van der Waals surface area contributed by atoms with Gasteiger partial charge in [0.05, 0.1) is 0 Å². The van der Waals surface area contributed by atoms with Crippen molar-refractivity contribution >= 4 is 0 Å². The van der Waals surface area contributed by atoms with Crippen molar-refractivity contribution in [1.29, 1.82) is 0 Å². The average molecular weight is 234 g/mol. The van der Waals surface area contributed by atoms with Crippen LogP contribution in [0, 0.1) is 11.7 Å². The zero-order chi connectivity index (χ0) is 11.8. The largest absolute Gasteiger partial charge is 0.310 e. The fourth-order valence-corrected chi connectivity index (χ4v) is 3.28. The molecular formula is C14H19FN2. The maximum atomic E-state index is 12.8. The van der Waals surface area contributed by atoms with Crippen LogP contribution in [0.4, 0.5) is 4.39 Å². The number of hydrogen-bond donors (Lipinski definition) is 1. The molecule has 3 heteroatoms. The van der Waals surface area contributed by atoms with Crippen LogP contribution in [0.5, 0.6) is 0 Å². The fraction of sp³-hybridized carbons (Fsp3) is 0.571. The van der Waals surface area contributed by atoms with Crippen LogP contribution in [0.3, 0.4) is 0 Å². The standard InChI is InChI=1S/C14H19FN2/c1-17-9-11-6-13(17)7-14(11)16-8-10-2-4-12(15)5-3-10/h2-5,11,13-14,16H,6-9H2,1H3/t11-,13?,14-/m0/s1. The first kappa shape index (κ1) is 11.2. The normalized spacial score (nSPS) is 32.2. The highest BCUT2D eigenvalue weighted by molar-refractivity contribution is 5.16. The quantitative estimate of drug-likeness (QED) is 0.860. The van der Waals surface area contributed by atoms with Gasteiger partial charge >= 0.3 is 0 Å².